The summed E-state index contributed by atoms with van der Waals surface area (Å²) in [5.74, 6) is 0.147. The third-order valence-corrected chi connectivity index (χ3v) is 4.35. The Bertz CT molecular complexity index is 1130. The summed E-state index contributed by atoms with van der Waals surface area (Å²) >= 11 is 6.26. The minimum absolute atomic E-state index is 0.0752. The number of rotatable bonds is 4. The number of ether oxygens (including phenoxy) is 1. The molecule has 0 fully saturated rings. The quantitative estimate of drug-likeness (QED) is 0.546. The van der Waals surface area contributed by atoms with Gasteiger partial charge in [-0.3, -0.25) is 0 Å². The number of alkyl carbamates (subject to hydrolysis) is 1. The van der Waals surface area contributed by atoms with Crippen LogP contribution in [0.25, 0.3) is 28.0 Å². The molecule has 0 spiro atoms. The molecule has 2 aromatic heterocycles. The molecule has 2 heterocycles. The second-order valence-electron chi connectivity index (χ2n) is 7.67. The van der Waals surface area contributed by atoms with E-state index in [1.165, 1.54) is 0 Å². The molecule has 0 aliphatic heterocycles. The van der Waals surface area contributed by atoms with E-state index in [2.05, 4.69) is 21.9 Å². The van der Waals surface area contributed by atoms with Gasteiger partial charge in [-0.15, -0.1) is 0 Å². The van der Waals surface area contributed by atoms with E-state index in [0.717, 1.165) is 10.1 Å². The van der Waals surface area contributed by atoms with Crippen LogP contribution in [-0.2, 0) is 17.8 Å². The molecule has 1 aromatic carbocycles. The van der Waals surface area contributed by atoms with Crippen LogP contribution in [-0.4, -0.2) is 32.4 Å². The number of alkyl halides is 3. The van der Waals surface area contributed by atoms with Crippen LogP contribution in [0.2, 0.25) is 5.15 Å². The zero-order chi connectivity index (χ0) is 22.3. The Morgan fingerprint density at radius 3 is 2.60 bits per heavy atom. The van der Waals surface area contributed by atoms with Crippen molar-refractivity contribution in [3.63, 3.8) is 0 Å². The molecule has 0 radical (unpaired) electrons. The van der Waals surface area contributed by atoms with Crippen LogP contribution in [0.5, 0.6) is 0 Å². The number of carbonyl (C=O) groups excluding carboxylic acids is 1. The Balaban J connectivity index is 2.09. The minimum Gasteiger partial charge on any atom is -0.444 e. The lowest BCUT2D eigenvalue weighted by atomic mass is 10.1. The Hall–Kier alpha value is -2.81. The van der Waals surface area contributed by atoms with Gasteiger partial charge >= 0.3 is 12.3 Å². The fraction of sp³-hybridized carbons (Fsp3) is 0.350. The van der Waals surface area contributed by atoms with Crippen molar-refractivity contribution in [1.29, 1.82) is 0 Å². The van der Waals surface area contributed by atoms with Crippen molar-refractivity contribution in [1.82, 2.24) is 19.9 Å². The third kappa shape index (κ3) is 4.84. The molecule has 0 aliphatic rings. The standard InChI is InChI=1S/C20H20ClF3N4O2/c1-5-11-6-7-13-12(8-11)15-16(28(13)10-20(22,23)24)17(21)27-14(26-15)9-25-18(29)30-19(2,3)4/h5-8H,1,9-10H2,2-4H3,(H,25,29). The summed E-state index contributed by atoms with van der Waals surface area (Å²) in [5.41, 5.74) is 0.696. The van der Waals surface area contributed by atoms with Gasteiger partial charge in [0.05, 0.1) is 12.1 Å². The van der Waals surface area contributed by atoms with E-state index in [0.29, 0.717) is 10.9 Å². The number of aromatic nitrogens is 3. The average Bonchev–Trinajstić information content (AvgIpc) is 2.90. The SMILES string of the molecule is C=Cc1ccc2c(c1)c1nc(CNC(=O)OC(C)(C)C)nc(Cl)c1n2CC(F)(F)F. The van der Waals surface area contributed by atoms with Crippen LogP contribution in [0, 0.1) is 0 Å². The lowest BCUT2D eigenvalue weighted by Gasteiger charge is -2.19. The normalized spacial score (nSPS) is 12.4. The maximum atomic E-state index is 13.2. The molecule has 0 atom stereocenters. The van der Waals surface area contributed by atoms with Gasteiger partial charge in [-0.1, -0.05) is 30.3 Å². The Labute approximate surface area is 175 Å². The van der Waals surface area contributed by atoms with Gasteiger partial charge in [0.25, 0.3) is 0 Å². The second-order valence-corrected chi connectivity index (χ2v) is 8.02. The van der Waals surface area contributed by atoms with Crippen molar-refractivity contribution < 1.29 is 22.7 Å². The average molecular weight is 441 g/mol. The van der Waals surface area contributed by atoms with Crippen molar-refractivity contribution in [3.8, 4) is 0 Å². The first-order valence-electron chi connectivity index (χ1n) is 9.02. The fourth-order valence-electron chi connectivity index (χ4n) is 3.01. The number of carbonyl (C=O) groups is 1. The number of hydrogen-bond donors (Lipinski definition) is 1. The smallest absolute Gasteiger partial charge is 0.408 e. The fourth-order valence-corrected chi connectivity index (χ4v) is 3.30. The minimum atomic E-state index is -4.46. The molecule has 0 bridgehead atoms. The summed E-state index contributed by atoms with van der Waals surface area (Å²) in [5, 5.41) is 2.86. The summed E-state index contributed by atoms with van der Waals surface area (Å²) in [6, 6.07) is 4.91. The first kappa shape index (κ1) is 21.9. The van der Waals surface area contributed by atoms with E-state index in [1.54, 1.807) is 45.0 Å². The predicted molar refractivity (Wildman–Crippen MR) is 109 cm³/mol. The molecule has 0 saturated carbocycles. The molecule has 3 rings (SSSR count). The van der Waals surface area contributed by atoms with E-state index < -0.39 is 24.4 Å². The number of nitrogens with one attached hydrogen (secondary N) is 1. The second kappa shape index (κ2) is 7.79. The Morgan fingerprint density at radius 2 is 2.00 bits per heavy atom. The topological polar surface area (TPSA) is 69.0 Å². The van der Waals surface area contributed by atoms with Gasteiger partial charge in [-0.25, -0.2) is 14.8 Å². The third-order valence-electron chi connectivity index (χ3n) is 4.09. The van der Waals surface area contributed by atoms with Crippen LogP contribution in [0.15, 0.2) is 24.8 Å². The number of hydrogen-bond acceptors (Lipinski definition) is 4. The summed E-state index contributed by atoms with van der Waals surface area (Å²) < 4.78 is 45.8. The number of fused-ring (bicyclic) bond motifs is 3. The van der Waals surface area contributed by atoms with Crippen molar-refractivity contribution in [2.45, 2.75) is 45.6 Å². The maximum absolute atomic E-state index is 13.2. The van der Waals surface area contributed by atoms with Gasteiger partial charge in [-0.05, 0) is 38.5 Å². The van der Waals surface area contributed by atoms with Gasteiger partial charge < -0.3 is 14.6 Å². The molecule has 0 saturated heterocycles. The van der Waals surface area contributed by atoms with Gasteiger partial charge in [-0.2, -0.15) is 13.2 Å². The highest BCUT2D eigenvalue weighted by Crippen LogP contribution is 2.34. The van der Waals surface area contributed by atoms with E-state index in [4.69, 9.17) is 16.3 Å². The molecular formula is C20H20ClF3N4O2. The number of halogens is 4. The zero-order valence-corrected chi connectivity index (χ0v) is 17.4. The summed E-state index contributed by atoms with van der Waals surface area (Å²) in [6.07, 6.45) is -3.55. The van der Waals surface area contributed by atoms with Crippen LogP contribution in [0.1, 0.15) is 32.2 Å². The molecule has 3 aromatic rings. The summed E-state index contributed by atoms with van der Waals surface area (Å²) in [6.45, 7) is 7.52. The van der Waals surface area contributed by atoms with Crippen LogP contribution in [0.4, 0.5) is 18.0 Å². The number of amides is 1. The molecule has 10 heteroatoms. The number of nitrogens with zero attached hydrogens (tertiary/aromatic N) is 3. The molecule has 30 heavy (non-hydrogen) atoms. The van der Waals surface area contributed by atoms with E-state index in [-0.39, 0.29) is 28.6 Å². The van der Waals surface area contributed by atoms with Gasteiger partial charge in [0.15, 0.2) is 5.15 Å². The monoisotopic (exact) mass is 440 g/mol. The first-order valence-corrected chi connectivity index (χ1v) is 9.40. The Morgan fingerprint density at radius 1 is 1.30 bits per heavy atom. The Kier molecular flexibility index (Phi) is 5.68. The van der Waals surface area contributed by atoms with E-state index in [9.17, 15) is 18.0 Å². The maximum Gasteiger partial charge on any atom is 0.408 e. The number of benzene rings is 1. The molecule has 1 amide bonds. The lowest BCUT2D eigenvalue weighted by Crippen LogP contribution is -2.32. The van der Waals surface area contributed by atoms with Crippen molar-refractivity contribution >= 4 is 45.7 Å². The zero-order valence-electron chi connectivity index (χ0n) is 16.6. The molecule has 0 aliphatic carbocycles. The highest BCUT2D eigenvalue weighted by atomic mass is 35.5. The molecule has 6 nitrogen and oxygen atoms in total. The van der Waals surface area contributed by atoms with Crippen LogP contribution in [0.3, 0.4) is 0 Å². The molecular weight excluding hydrogens is 421 g/mol. The van der Waals surface area contributed by atoms with Crippen molar-refractivity contribution in [2.24, 2.45) is 0 Å². The van der Waals surface area contributed by atoms with Crippen LogP contribution < -0.4 is 5.32 Å². The van der Waals surface area contributed by atoms with Crippen LogP contribution >= 0.6 is 11.6 Å². The largest absolute Gasteiger partial charge is 0.444 e. The highest BCUT2D eigenvalue weighted by Gasteiger charge is 2.31. The molecule has 160 valence electrons. The van der Waals surface area contributed by atoms with Crippen molar-refractivity contribution in [2.75, 3.05) is 0 Å². The lowest BCUT2D eigenvalue weighted by molar-refractivity contribution is -0.139. The summed E-state index contributed by atoms with van der Waals surface area (Å²) in [7, 11) is 0. The van der Waals surface area contributed by atoms with E-state index >= 15 is 0 Å². The van der Waals surface area contributed by atoms with Gasteiger partial charge in [0, 0.05) is 5.39 Å². The first-order chi connectivity index (χ1) is 13.9. The van der Waals surface area contributed by atoms with E-state index in [1.807, 2.05) is 0 Å². The van der Waals surface area contributed by atoms with Gasteiger partial charge in [0.1, 0.15) is 29.0 Å². The molecule has 0 unspecified atom stereocenters. The van der Waals surface area contributed by atoms with Crippen molar-refractivity contribution in [3.05, 3.63) is 41.3 Å². The predicted octanol–water partition coefficient (Wildman–Crippen LogP) is 5.47. The van der Waals surface area contributed by atoms with Gasteiger partial charge in [0.2, 0.25) is 0 Å². The highest BCUT2D eigenvalue weighted by molar-refractivity contribution is 6.34. The molecule has 1 N–H and O–H groups in total. The summed E-state index contributed by atoms with van der Waals surface area (Å²) in [4.78, 5) is 20.3.